The Morgan fingerprint density at radius 2 is 1.74 bits per heavy atom. The van der Waals surface area contributed by atoms with Crippen molar-refractivity contribution < 1.29 is 9.90 Å². The lowest BCUT2D eigenvalue weighted by molar-refractivity contribution is 0.0697. The Labute approximate surface area is 115 Å². The summed E-state index contributed by atoms with van der Waals surface area (Å²) in [4.78, 5) is 10.7. The van der Waals surface area contributed by atoms with E-state index < -0.39 is 5.97 Å². The number of halogens is 1. The van der Waals surface area contributed by atoms with Crippen molar-refractivity contribution in [2.75, 3.05) is 5.43 Å². The molecule has 4 nitrogen and oxygen atoms in total. The van der Waals surface area contributed by atoms with Crippen molar-refractivity contribution in [2.24, 2.45) is 5.10 Å². The predicted molar refractivity (Wildman–Crippen MR) is 76.1 cm³/mol. The SMILES string of the molecule is O=C(O)c1ccc(N/N=C\c2ccc(Cl)cc2)cc1. The van der Waals surface area contributed by atoms with Gasteiger partial charge in [0.05, 0.1) is 17.5 Å². The number of nitrogens with zero attached hydrogens (tertiary/aromatic N) is 1. The molecule has 0 unspecified atom stereocenters. The molecular formula is C14H11ClN2O2. The topological polar surface area (TPSA) is 61.7 Å². The molecule has 0 aliphatic heterocycles. The van der Waals surface area contributed by atoms with Crippen LogP contribution in [0.2, 0.25) is 5.02 Å². The van der Waals surface area contributed by atoms with Gasteiger partial charge in [-0.25, -0.2) is 4.79 Å². The number of carboxylic acids is 1. The predicted octanol–water partition coefficient (Wildman–Crippen LogP) is 3.48. The number of aromatic carboxylic acids is 1. The first-order valence-electron chi connectivity index (χ1n) is 5.53. The molecule has 2 rings (SSSR count). The van der Waals surface area contributed by atoms with Gasteiger partial charge < -0.3 is 5.11 Å². The van der Waals surface area contributed by atoms with Crippen molar-refractivity contribution in [3.8, 4) is 0 Å². The Kier molecular flexibility index (Phi) is 4.15. The normalized spacial score (nSPS) is 10.6. The highest BCUT2D eigenvalue weighted by Gasteiger charge is 2.00. The van der Waals surface area contributed by atoms with E-state index >= 15 is 0 Å². The zero-order chi connectivity index (χ0) is 13.7. The van der Waals surface area contributed by atoms with Crippen LogP contribution in [0, 0.1) is 0 Å². The van der Waals surface area contributed by atoms with Gasteiger partial charge in [-0.05, 0) is 42.0 Å². The molecule has 0 saturated heterocycles. The summed E-state index contributed by atoms with van der Waals surface area (Å²) >= 11 is 5.77. The molecular weight excluding hydrogens is 264 g/mol. The van der Waals surface area contributed by atoms with Crippen LogP contribution < -0.4 is 5.43 Å². The molecule has 2 aromatic carbocycles. The molecule has 2 N–H and O–H groups in total. The first kappa shape index (κ1) is 13.1. The Morgan fingerprint density at radius 3 is 2.32 bits per heavy atom. The third-order valence-electron chi connectivity index (χ3n) is 2.41. The molecule has 0 spiro atoms. The summed E-state index contributed by atoms with van der Waals surface area (Å²) in [5.74, 6) is -0.948. The minimum Gasteiger partial charge on any atom is -0.478 e. The molecule has 2 aromatic rings. The van der Waals surface area contributed by atoms with Gasteiger partial charge in [-0.3, -0.25) is 5.43 Å². The summed E-state index contributed by atoms with van der Waals surface area (Å²) in [6.45, 7) is 0. The first-order valence-corrected chi connectivity index (χ1v) is 5.91. The van der Waals surface area contributed by atoms with Crippen LogP contribution in [0.25, 0.3) is 0 Å². The third kappa shape index (κ3) is 3.82. The average Bonchev–Trinajstić information content (AvgIpc) is 2.41. The number of benzene rings is 2. The van der Waals surface area contributed by atoms with Crippen LogP contribution in [0.5, 0.6) is 0 Å². The second kappa shape index (κ2) is 6.02. The van der Waals surface area contributed by atoms with Crippen molar-refractivity contribution in [1.82, 2.24) is 0 Å². The van der Waals surface area contributed by atoms with Crippen molar-refractivity contribution in [3.05, 3.63) is 64.7 Å². The molecule has 0 amide bonds. The summed E-state index contributed by atoms with van der Waals surface area (Å²) < 4.78 is 0. The molecule has 0 radical (unpaired) electrons. The van der Waals surface area contributed by atoms with Crippen LogP contribution in [0.1, 0.15) is 15.9 Å². The second-order valence-corrected chi connectivity index (χ2v) is 4.24. The lowest BCUT2D eigenvalue weighted by atomic mass is 10.2. The number of carboxylic acid groups (broad SMARTS) is 1. The number of hydrogen-bond donors (Lipinski definition) is 2. The lowest BCUT2D eigenvalue weighted by Gasteiger charge is -2.00. The summed E-state index contributed by atoms with van der Waals surface area (Å²) in [6, 6.07) is 13.6. The van der Waals surface area contributed by atoms with E-state index in [9.17, 15) is 4.79 Å². The molecule has 0 bridgehead atoms. The van der Waals surface area contributed by atoms with E-state index in [0.717, 1.165) is 11.3 Å². The van der Waals surface area contributed by atoms with Gasteiger partial charge in [0.25, 0.3) is 0 Å². The maximum atomic E-state index is 10.7. The fraction of sp³-hybridized carbons (Fsp3) is 0. The molecule has 19 heavy (non-hydrogen) atoms. The van der Waals surface area contributed by atoms with Gasteiger partial charge in [-0.15, -0.1) is 0 Å². The number of hydrogen-bond acceptors (Lipinski definition) is 3. The quantitative estimate of drug-likeness (QED) is 0.663. The highest BCUT2D eigenvalue weighted by Crippen LogP contribution is 2.10. The summed E-state index contributed by atoms with van der Waals surface area (Å²) in [5, 5.41) is 13.5. The minimum absolute atomic E-state index is 0.243. The van der Waals surface area contributed by atoms with Crippen molar-refractivity contribution in [1.29, 1.82) is 0 Å². The standard InChI is InChI=1S/C14H11ClN2O2/c15-12-5-1-10(2-6-12)9-16-17-13-7-3-11(4-8-13)14(18)19/h1-9,17H,(H,18,19)/b16-9-. The second-order valence-electron chi connectivity index (χ2n) is 3.80. The molecule has 0 fully saturated rings. The Bertz CT molecular complexity index is 592. The molecule has 96 valence electrons. The number of anilines is 1. The fourth-order valence-electron chi connectivity index (χ4n) is 1.42. The van der Waals surface area contributed by atoms with Gasteiger partial charge in [0.2, 0.25) is 0 Å². The molecule has 0 aliphatic carbocycles. The van der Waals surface area contributed by atoms with Gasteiger partial charge in [0, 0.05) is 5.02 Å². The summed E-state index contributed by atoms with van der Waals surface area (Å²) in [6.07, 6.45) is 1.65. The van der Waals surface area contributed by atoms with Crippen LogP contribution in [0.4, 0.5) is 5.69 Å². The van der Waals surface area contributed by atoms with Gasteiger partial charge in [0.15, 0.2) is 0 Å². The van der Waals surface area contributed by atoms with Gasteiger partial charge in [-0.2, -0.15) is 5.10 Å². The number of nitrogens with one attached hydrogen (secondary N) is 1. The highest BCUT2D eigenvalue weighted by atomic mass is 35.5. The number of hydrazone groups is 1. The zero-order valence-corrected chi connectivity index (χ0v) is 10.6. The highest BCUT2D eigenvalue weighted by molar-refractivity contribution is 6.30. The molecule has 0 atom stereocenters. The van der Waals surface area contributed by atoms with Crippen LogP contribution in [0.3, 0.4) is 0 Å². The van der Waals surface area contributed by atoms with E-state index in [0.29, 0.717) is 5.02 Å². The zero-order valence-electron chi connectivity index (χ0n) is 9.88. The van der Waals surface area contributed by atoms with Crippen LogP contribution in [0.15, 0.2) is 53.6 Å². The fourth-order valence-corrected chi connectivity index (χ4v) is 1.54. The molecule has 0 heterocycles. The molecule has 0 aliphatic rings. The van der Waals surface area contributed by atoms with E-state index in [4.69, 9.17) is 16.7 Å². The van der Waals surface area contributed by atoms with E-state index in [1.807, 2.05) is 12.1 Å². The van der Waals surface area contributed by atoms with Crippen molar-refractivity contribution in [3.63, 3.8) is 0 Å². The van der Waals surface area contributed by atoms with E-state index in [-0.39, 0.29) is 5.56 Å². The van der Waals surface area contributed by atoms with Gasteiger partial charge in [-0.1, -0.05) is 23.7 Å². The van der Waals surface area contributed by atoms with Gasteiger partial charge in [0.1, 0.15) is 0 Å². The minimum atomic E-state index is -0.948. The van der Waals surface area contributed by atoms with E-state index in [1.54, 1.807) is 30.5 Å². The number of rotatable bonds is 4. The van der Waals surface area contributed by atoms with Crippen LogP contribution in [-0.4, -0.2) is 17.3 Å². The van der Waals surface area contributed by atoms with Crippen LogP contribution in [-0.2, 0) is 0 Å². The van der Waals surface area contributed by atoms with Crippen LogP contribution >= 0.6 is 11.6 Å². The van der Waals surface area contributed by atoms with E-state index in [1.165, 1.54) is 12.1 Å². The third-order valence-corrected chi connectivity index (χ3v) is 2.66. The summed E-state index contributed by atoms with van der Waals surface area (Å²) in [5.41, 5.74) is 4.69. The Balaban J connectivity index is 1.98. The summed E-state index contributed by atoms with van der Waals surface area (Å²) in [7, 11) is 0. The van der Waals surface area contributed by atoms with Crippen molar-refractivity contribution in [2.45, 2.75) is 0 Å². The smallest absolute Gasteiger partial charge is 0.335 e. The van der Waals surface area contributed by atoms with Crippen molar-refractivity contribution >= 4 is 29.5 Å². The monoisotopic (exact) mass is 274 g/mol. The molecule has 5 heteroatoms. The molecule has 0 saturated carbocycles. The Hall–Kier alpha value is -2.33. The largest absolute Gasteiger partial charge is 0.478 e. The molecule has 0 aromatic heterocycles. The Morgan fingerprint density at radius 1 is 1.11 bits per heavy atom. The lowest BCUT2D eigenvalue weighted by Crippen LogP contribution is -1.96. The van der Waals surface area contributed by atoms with E-state index in [2.05, 4.69) is 10.5 Å². The first-order chi connectivity index (χ1) is 9.15. The maximum Gasteiger partial charge on any atom is 0.335 e. The van der Waals surface area contributed by atoms with Gasteiger partial charge >= 0.3 is 5.97 Å². The number of carbonyl (C=O) groups is 1. The average molecular weight is 275 g/mol. The maximum absolute atomic E-state index is 10.7.